The highest BCUT2D eigenvalue weighted by molar-refractivity contribution is 6.32. The number of ether oxygens (including phenoxy) is 1. The van der Waals surface area contributed by atoms with Crippen LogP contribution >= 0.6 is 11.6 Å². The number of nitrogens with two attached hydrogens (primary N) is 2. The monoisotopic (exact) mass is 256 g/mol. The van der Waals surface area contributed by atoms with Gasteiger partial charge in [-0.1, -0.05) is 24.6 Å². The fraction of sp³-hybridized carbons (Fsp3) is 0.417. The van der Waals surface area contributed by atoms with Crippen molar-refractivity contribution in [3.8, 4) is 5.75 Å². The normalized spacial score (nSPS) is 12.2. The van der Waals surface area contributed by atoms with Gasteiger partial charge in [-0.2, -0.15) is 0 Å². The average Bonchev–Trinajstić information content (AvgIpc) is 2.28. The molecule has 1 atom stereocenters. The van der Waals surface area contributed by atoms with Gasteiger partial charge in [0.1, 0.15) is 5.75 Å². The summed E-state index contributed by atoms with van der Waals surface area (Å²) in [7, 11) is 0. The summed E-state index contributed by atoms with van der Waals surface area (Å²) in [4.78, 5) is 11.1. The van der Waals surface area contributed by atoms with Crippen molar-refractivity contribution in [2.24, 2.45) is 11.5 Å². The molecule has 0 aliphatic rings. The van der Waals surface area contributed by atoms with Gasteiger partial charge in [0.2, 0.25) is 0 Å². The summed E-state index contributed by atoms with van der Waals surface area (Å²) >= 11 is 6.05. The van der Waals surface area contributed by atoms with Gasteiger partial charge in [-0.25, -0.2) is 0 Å². The number of rotatable bonds is 6. The van der Waals surface area contributed by atoms with E-state index in [0.717, 1.165) is 12.0 Å². The first kappa shape index (κ1) is 13.8. The highest BCUT2D eigenvalue weighted by atomic mass is 35.5. The third-order valence-electron chi connectivity index (χ3n) is 2.39. The Hall–Kier alpha value is -1.26. The second-order valence-corrected chi connectivity index (χ2v) is 4.13. The van der Waals surface area contributed by atoms with E-state index in [1.165, 1.54) is 0 Å². The topological polar surface area (TPSA) is 78.3 Å². The first-order valence-electron chi connectivity index (χ1n) is 5.53. The second kappa shape index (κ2) is 6.47. The van der Waals surface area contributed by atoms with E-state index in [0.29, 0.717) is 23.7 Å². The van der Waals surface area contributed by atoms with E-state index in [-0.39, 0.29) is 0 Å². The Morgan fingerprint density at radius 3 is 2.71 bits per heavy atom. The minimum absolute atomic E-state index is 0.468. The first-order valence-corrected chi connectivity index (χ1v) is 5.90. The van der Waals surface area contributed by atoms with Gasteiger partial charge in [-0.3, -0.25) is 4.79 Å². The summed E-state index contributed by atoms with van der Waals surface area (Å²) in [5.41, 5.74) is 11.7. The second-order valence-electron chi connectivity index (χ2n) is 3.72. The number of carbonyl (C=O) groups excluding carboxylic acids is 1. The van der Waals surface area contributed by atoms with Crippen molar-refractivity contribution in [2.75, 3.05) is 6.54 Å². The van der Waals surface area contributed by atoms with Crippen molar-refractivity contribution in [3.63, 3.8) is 0 Å². The van der Waals surface area contributed by atoms with Crippen molar-refractivity contribution in [1.82, 2.24) is 0 Å². The molecule has 1 aromatic rings. The van der Waals surface area contributed by atoms with Crippen LogP contribution in [-0.4, -0.2) is 18.6 Å². The molecule has 0 fully saturated rings. The van der Waals surface area contributed by atoms with Crippen molar-refractivity contribution < 1.29 is 9.53 Å². The molecule has 4 N–H and O–H groups in total. The Kier molecular flexibility index (Phi) is 5.25. The Morgan fingerprint density at radius 1 is 1.53 bits per heavy atom. The van der Waals surface area contributed by atoms with E-state index >= 15 is 0 Å². The lowest BCUT2D eigenvalue weighted by molar-refractivity contribution is -0.124. The molecule has 0 aliphatic heterocycles. The fourth-order valence-corrected chi connectivity index (χ4v) is 1.71. The molecular weight excluding hydrogens is 240 g/mol. The molecule has 0 spiro atoms. The molecule has 94 valence electrons. The highest BCUT2D eigenvalue weighted by Gasteiger charge is 2.16. The molecule has 1 amide bonds. The van der Waals surface area contributed by atoms with Crippen LogP contribution < -0.4 is 16.2 Å². The number of halogens is 1. The summed E-state index contributed by atoms with van der Waals surface area (Å²) in [6.07, 6.45) is 0.622. The molecule has 0 aliphatic carbocycles. The Bertz CT molecular complexity index is 396. The van der Waals surface area contributed by atoms with Crippen LogP contribution in [0.25, 0.3) is 0 Å². The van der Waals surface area contributed by atoms with Crippen molar-refractivity contribution >= 4 is 17.5 Å². The standard InChI is InChI=1S/C12H17ClN2O2/c1-2-10(12(15)16)17-11-4-3-8(5-6-14)7-9(11)13/h3-4,7,10H,2,5-6,14H2,1H3,(H2,15,16). The van der Waals surface area contributed by atoms with Crippen molar-refractivity contribution in [2.45, 2.75) is 25.9 Å². The van der Waals surface area contributed by atoms with Crippen LogP contribution in [0.2, 0.25) is 5.02 Å². The lowest BCUT2D eigenvalue weighted by Crippen LogP contribution is -2.33. The predicted octanol–water partition coefficient (Wildman–Crippen LogP) is 1.48. The Balaban J connectivity index is 2.81. The zero-order valence-corrected chi connectivity index (χ0v) is 10.5. The average molecular weight is 257 g/mol. The number of hydrogen-bond donors (Lipinski definition) is 2. The van der Waals surface area contributed by atoms with Crippen molar-refractivity contribution in [1.29, 1.82) is 0 Å². The van der Waals surface area contributed by atoms with Crippen LogP contribution in [0.1, 0.15) is 18.9 Å². The lowest BCUT2D eigenvalue weighted by Gasteiger charge is -2.15. The van der Waals surface area contributed by atoms with Gasteiger partial charge in [-0.15, -0.1) is 0 Å². The molecule has 0 saturated heterocycles. The molecule has 0 heterocycles. The summed E-state index contributed by atoms with van der Waals surface area (Å²) in [5, 5.41) is 0.468. The van der Waals surface area contributed by atoms with E-state index in [1.807, 2.05) is 13.0 Å². The molecule has 1 rings (SSSR count). The molecule has 1 aromatic carbocycles. The maximum Gasteiger partial charge on any atom is 0.258 e. The third kappa shape index (κ3) is 3.91. The molecule has 0 radical (unpaired) electrons. The number of primary amides is 1. The van der Waals surface area contributed by atoms with Gasteiger partial charge in [-0.05, 0) is 37.1 Å². The van der Waals surface area contributed by atoms with Crippen LogP contribution in [0, 0.1) is 0 Å². The smallest absolute Gasteiger partial charge is 0.258 e. The highest BCUT2D eigenvalue weighted by Crippen LogP contribution is 2.27. The van der Waals surface area contributed by atoms with Crippen LogP contribution in [0.4, 0.5) is 0 Å². The van der Waals surface area contributed by atoms with E-state index in [4.69, 9.17) is 27.8 Å². The van der Waals surface area contributed by atoms with E-state index in [9.17, 15) is 4.79 Å². The number of hydrogen-bond acceptors (Lipinski definition) is 3. The van der Waals surface area contributed by atoms with Gasteiger partial charge >= 0.3 is 0 Å². The summed E-state index contributed by atoms with van der Waals surface area (Å²) in [5.74, 6) is -0.0207. The van der Waals surface area contributed by atoms with Crippen molar-refractivity contribution in [3.05, 3.63) is 28.8 Å². The predicted molar refractivity (Wildman–Crippen MR) is 68.1 cm³/mol. The zero-order chi connectivity index (χ0) is 12.8. The van der Waals surface area contributed by atoms with E-state index < -0.39 is 12.0 Å². The van der Waals surface area contributed by atoms with Gasteiger partial charge < -0.3 is 16.2 Å². The first-order chi connectivity index (χ1) is 8.08. The van der Waals surface area contributed by atoms with E-state index in [1.54, 1.807) is 12.1 Å². The summed E-state index contributed by atoms with van der Waals surface area (Å²) in [6, 6.07) is 5.40. The molecule has 5 heteroatoms. The van der Waals surface area contributed by atoms with Crippen LogP contribution in [0.15, 0.2) is 18.2 Å². The summed E-state index contributed by atoms with van der Waals surface area (Å²) in [6.45, 7) is 2.39. The van der Waals surface area contributed by atoms with Crippen LogP contribution in [-0.2, 0) is 11.2 Å². The number of carbonyl (C=O) groups is 1. The molecule has 1 unspecified atom stereocenters. The molecule has 17 heavy (non-hydrogen) atoms. The zero-order valence-electron chi connectivity index (χ0n) is 9.78. The van der Waals surface area contributed by atoms with E-state index in [2.05, 4.69) is 0 Å². The van der Waals surface area contributed by atoms with Crippen LogP contribution in [0.5, 0.6) is 5.75 Å². The largest absolute Gasteiger partial charge is 0.479 e. The van der Waals surface area contributed by atoms with Crippen LogP contribution in [0.3, 0.4) is 0 Å². The molecule has 0 saturated carbocycles. The number of amides is 1. The SMILES string of the molecule is CCC(Oc1ccc(CCN)cc1Cl)C(N)=O. The number of benzene rings is 1. The maximum atomic E-state index is 11.1. The molecule has 0 aromatic heterocycles. The minimum Gasteiger partial charge on any atom is -0.479 e. The minimum atomic E-state index is -0.646. The quantitative estimate of drug-likeness (QED) is 0.809. The lowest BCUT2D eigenvalue weighted by atomic mass is 10.1. The summed E-state index contributed by atoms with van der Waals surface area (Å²) < 4.78 is 5.45. The van der Waals surface area contributed by atoms with Gasteiger partial charge in [0.05, 0.1) is 5.02 Å². The fourth-order valence-electron chi connectivity index (χ4n) is 1.46. The maximum absolute atomic E-state index is 11.1. The Labute approximate surface area is 106 Å². The Morgan fingerprint density at radius 2 is 2.24 bits per heavy atom. The van der Waals surface area contributed by atoms with Gasteiger partial charge in [0.25, 0.3) is 5.91 Å². The molecular formula is C12H17ClN2O2. The third-order valence-corrected chi connectivity index (χ3v) is 2.68. The van der Waals surface area contributed by atoms with Gasteiger partial charge in [0, 0.05) is 0 Å². The van der Waals surface area contributed by atoms with Gasteiger partial charge in [0.15, 0.2) is 6.10 Å². The molecule has 0 bridgehead atoms. The molecule has 4 nitrogen and oxygen atoms in total.